The normalized spacial score (nSPS) is 13.1. The molecule has 1 N–H and O–H groups in total. The van der Waals surface area contributed by atoms with E-state index < -0.39 is 46.8 Å². The van der Waals surface area contributed by atoms with E-state index in [2.05, 4.69) is 0 Å². The van der Waals surface area contributed by atoms with E-state index in [9.17, 15) is 41.0 Å². The number of halogens is 6. The molecule has 0 saturated heterocycles. The summed E-state index contributed by atoms with van der Waals surface area (Å²) in [6.07, 6.45) is -11.6. The predicted octanol–water partition coefficient (Wildman–Crippen LogP) is 6.44. The highest BCUT2D eigenvalue weighted by molar-refractivity contribution is 5.80. The summed E-state index contributed by atoms with van der Waals surface area (Å²) in [4.78, 5) is 23.5. The van der Waals surface area contributed by atoms with Gasteiger partial charge in [0.05, 0.1) is 5.92 Å². The number of rotatable bonds is 6. The Hall–Kier alpha value is -4.02. The zero-order valence-electron chi connectivity index (χ0n) is 19.4. The van der Waals surface area contributed by atoms with Gasteiger partial charge in [-0.05, 0) is 60.0 Å². The number of hydrogen-bond acceptors (Lipinski definition) is 5. The highest BCUT2D eigenvalue weighted by Crippen LogP contribution is 2.56. The van der Waals surface area contributed by atoms with Crippen LogP contribution in [-0.4, -0.2) is 29.4 Å². The van der Waals surface area contributed by atoms with Gasteiger partial charge in [-0.1, -0.05) is 36.4 Å². The number of carbonyl (C=O) groups is 2. The Morgan fingerprint density at radius 3 is 1.49 bits per heavy atom. The van der Waals surface area contributed by atoms with Gasteiger partial charge in [0, 0.05) is 6.92 Å². The number of alkyl halides is 6. The van der Waals surface area contributed by atoms with Crippen molar-refractivity contribution in [3.63, 3.8) is 0 Å². The molecule has 0 spiro atoms. The van der Waals surface area contributed by atoms with Crippen LogP contribution in [0.4, 0.5) is 26.3 Å². The lowest BCUT2D eigenvalue weighted by molar-refractivity contribution is -0.288. The van der Waals surface area contributed by atoms with Gasteiger partial charge in [0.25, 0.3) is 0 Å². The summed E-state index contributed by atoms with van der Waals surface area (Å²) in [6, 6.07) is 11.4. The molecule has 5 nitrogen and oxygen atoms in total. The van der Waals surface area contributed by atoms with E-state index in [4.69, 9.17) is 9.47 Å². The maximum atomic E-state index is 14.3. The molecule has 0 heterocycles. The Kier molecular flexibility index (Phi) is 7.56. The molecule has 0 amide bonds. The molecule has 0 fully saturated rings. The summed E-state index contributed by atoms with van der Waals surface area (Å²) in [7, 11) is 0. The maximum Gasteiger partial charge on any atom is 0.411 e. The van der Waals surface area contributed by atoms with Gasteiger partial charge >= 0.3 is 24.3 Å². The Bertz CT molecular complexity index is 1230. The molecule has 0 aliphatic rings. The fourth-order valence-corrected chi connectivity index (χ4v) is 3.80. The predicted molar refractivity (Wildman–Crippen MR) is 119 cm³/mol. The molecule has 3 aromatic carbocycles. The molecule has 0 radical (unpaired) electrons. The average molecular weight is 526 g/mol. The Morgan fingerprint density at radius 1 is 0.703 bits per heavy atom. The molecule has 1 unspecified atom stereocenters. The molecule has 0 aliphatic carbocycles. The third-order valence-corrected chi connectivity index (χ3v) is 5.65. The summed E-state index contributed by atoms with van der Waals surface area (Å²) in [5.74, 6) is -2.95. The van der Waals surface area contributed by atoms with E-state index in [1.165, 1.54) is 31.2 Å². The minimum Gasteiger partial charge on any atom is -0.508 e. The summed E-state index contributed by atoms with van der Waals surface area (Å²) in [6.45, 7) is 2.52. The highest BCUT2D eigenvalue weighted by atomic mass is 19.4. The number of carbonyl (C=O) groups excluding carboxylic acids is 2. The number of hydrogen-bond donors (Lipinski definition) is 1. The standard InChI is InChI=1S/C26H20F6O5/c1-15(17-3-9-20(34)10-4-17)23(35)37-22-13-7-19(8-14-22)24(25(27,28)29,26(30,31)32)18-5-11-21(12-6-18)36-16(2)33/h3-15,34H,1-2H3. The first-order valence-electron chi connectivity index (χ1n) is 10.7. The van der Waals surface area contributed by atoms with Crippen molar-refractivity contribution < 1.29 is 50.5 Å². The van der Waals surface area contributed by atoms with Crippen LogP contribution < -0.4 is 9.47 Å². The van der Waals surface area contributed by atoms with Crippen molar-refractivity contribution >= 4 is 11.9 Å². The lowest BCUT2D eigenvalue weighted by Crippen LogP contribution is -2.54. The van der Waals surface area contributed by atoms with Crippen LogP contribution in [0.2, 0.25) is 0 Å². The molecule has 1 atom stereocenters. The number of ether oxygens (including phenoxy) is 2. The van der Waals surface area contributed by atoms with Gasteiger partial charge < -0.3 is 14.6 Å². The first kappa shape index (κ1) is 27.6. The molecule has 0 bridgehead atoms. The maximum absolute atomic E-state index is 14.3. The molecule has 0 aliphatic heterocycles. The van der Waals surface area contributed by atoms with Crippen LogP contribution in [0.25, 0.3) is 0 Å². The number of aromatic hydroxyl groups is 1. The van der Waals surface area contributed by atoms with Gasteiger partial charge in [0.2, 0.25) is 5.41 Å². The summed E-state index contributed by atoms with van der Waals surface area (Å²) >= 11 is 0. The van der Waals surface area contributed by atoms with Gasteiger partial charge in [-0.3, -0.25) is 9.59 Å². The van der Waals surface area contributed by atoms with Crippen LogP contribution in [0.3, 0.4) is 0 Å². The Morgan fingerprint density at radius 2 is 1.11 bits per heavy atom. The minimum absolute atomic E-state index is 0.0289. The van der Waals surface area contributed by atoms with Crippen molar-refractivity contribution in [1.29, 1.82) is 0 Å². The van der Waals surface area contributed by atoms with Crippen LogP contribution in [0.15, 0.2) is 72.8 Å². The molecule has 0 saturated carbocycles. The zero-order valence-corrected chi connectivity index (χ0v) is 19.4. The Labute approximate surface area is 207 Å². The van der Waals surface area contributed by atoms with Crippen LogP contribution in [0, 0.1) is 0 Å². The summed E-state index contributed by atoms with van der Waals surface area (Å²) < 4.78 is 95.5. The van der Waals surface area contributed by atoms with Crippen molar-refractivity contribution in [3.8, 4) is 17.2 Å². The first-order valence-corrected chi connectivity index (χ1v) is 10.7. The topological polar surface area (TPSA) is 72.8 Å². The van der Waals surface area contributed by atoms with Gasteiger partial charge in [0.15, 0.2) is 0 Å². The quantitative estimate of drug-likeness (QED) is 0.228. The largest absolute Gasteiger partial charge is 0.508 e. The number of phenols is 1. The van der Waals surface area contributed by atoms with Crippen LogP contribution in [0.5, 0.6) is 17.2 Å². The van der Waals surface area contributed by atoms with E-state index in [0.29, 0.717) is 29.8 Å². The Balaban J connectivity index is 1.98. The van der Waals surface area contributed by atoms with E-state index >= 15 is 0 Å². The van der Waals surface area contributed by atoms with Gasteiger partial charge in [-0.15, -0.1) is 0 Å². The molecular weight excluding hydrogens is 506 g/mol. The molecule has 196 valence electrons. The minimum atomic E-state index is -5.82. The highest BCUT2D eigenvalue weighted by Gasteiger charge is 2.72. The van der Waals surface area contributed by atoms with Crippen LogP contribution in [0.1, 0.15) is 36.5 Å². The monoisotopic (exact) mass is 526 g/mol. The molecule has 3 rings (SSSR count). The zero-order chi connectivity index (χ0) is 27.6. The SMILES string of the molecule is CC(=O)Oc1ccc(C(c2ccc(OC(=O)C(C)c3ccc(O)cc3)cc2)(C(F)(F)F)C(F)(F)F)cc1. The summed E-state index contributed by atoms with van der Waals surface area (Å²) in [5.41, 5.74) is -6.24. The van der Waals surface area contributed by atoms with E-state index in [-0.39, 0.29) is 17.2 Å². The molecule has 0 aromatic heterocycles. The molecule has 11 heteroatoms. The van der Waals surface area contributed by atoms with Crippen molar-refractivity contribution in [1.82, 2.24) is 0 Å². The average Bonchev–Trinajstić information content (AvgIpc) is 2.79. The van der Waals surface area contributed by atoms with Crippen molar-refractivity contribution in [2.45, 2.75) is 37.5 Å². The number of esters is 2. The lowest BCUT2D eigenvalue weighted by Gasteiger charge is -2.38. The third kappa shape index (κ3) is 5.55. The fraction of sp³-hybridized carbons (Fsp3) is 0.231. The first-order chi connectivity index (χ1) is 17.2. The smallest absolute Gasteiger partial charge is 0.411 e. The lowest BCUT2D eigenvalue weighted by atomic mass is 9.73. The van der Waals surface area contributed by atoms with Gasteiger partial charge in [-0.25, -0.2) is 0 Å². The number of phenolic OH excluding ortho intramolecular Hbond substituents is 1. The van der Waals surface area contributed by atoms with Crippen molar-refractivity contribution in [2.24, 2.45) is 0 Å². The fourth-order valence-electron chi connectivity index (χ4n) is 3.80. The second-order valence-electron chi connectivity index (χ2n) is 8.12. The van der Waals surface area contributed by atoms with Gasteiger partial charge in [0.1, 0.15) is 17.2 Å². The second kappa shape index (κ2) is 10.2. The van der Waals surface area contributed by atoms with E-state index in [1.54, 1.807) is 0 Å². The molecular formula is C26H20F6O5. The number of benzene rings is 3. The third-order valence-electron chi connectivity index (χ3n) is 5.65. The second-order valence-corrected chi connectivity index (χ2v) is 8.12. The molecule has 37 heavy (non-hydrogen) atoms. The van der Waals surface area contributed by atoms with Crippen molar-refractivity contribution in [2.75, 3.05) is 0 Å². The van der Waals surface area contributed by atoms with Crippen molar-refractivity contribution in [3.05, 3.63) is 89.5 Å². The van der Waals surface area contributed by atoms with Crippen LogP contribution >= 0.6 is 0 Å². The van der Waals surface area contributed by atoms with E-state index in [1.807, 2.05) is 0 Å². The van der Waals surface area contributed by atoms with Crippen LogP contribution in [-0.2, 0) is 15.0 Å². The van der Waals surface area contributed by atoms with E-state index in [0.717, 1.165) is 31.2 Å². The summed E-state index contributed by atoms with van der Waals surface area (Å²) in [5, 5.41) is 9.35. The van der Waals surface area contributed by atoms with Gasteiger partial charge in [-0.2, -0.15) is 26.3 Å². The molecule has 3 aromatic rings.